The molecule has 0 aliphatic heterocycles. The van der Waals surface area contributed by atoms with E-state index in [1.54, 1.807) is 0 Å². The van der Waals surface area contributed by atoms with Crippen molar-refractivity contribution in [2.45, 2.75) is 18.9 Å². The Bertz CT molecular complexity index is 60.8. The maximum Gasteiger partial charge on any atom is 0.259 e. The van der Waals surface area contributed by atoms with E-state index in [9.17, 15) is 17.6 Å². The van der Waals surface area contributed by atoms with Crippen molar-refractivity contribution >= 4 is 12.4 Å². The number of hydrogen-bond donors (Lipinski definition) is 1. The zero-order valence-corrected chi connectivity index (χ0v) is 5.05. The molecular formula is C3H6ClF4N. The van der Waals surface area contributed by atoms with Gasteiger partial charge in [0.2, 0.25) is 0 Å². The van der Waals surface area contributed by atoms with Gasteiger partial charge in [0.15, 0.2) is 0 Å². The fraction of sp³-hybridized carbons (Fsp3) is 1.00. The van der Waals surface area contributed by atoms with Crippen molar-refractivity contribution in [2.75, 3.05) is 0 Å². The van der Waals surface area contributed by atoms with Crippen LogP contribution in [0.2, 0.25) is 0 Å². The Hall–Kier alpha value is -0.0300. The number of hydrogen-bond acceptors (Lipinski definition) is 1. The van der Waals surface area contributed by atoms with Crippen molar-refractivity contribution in [3.05, 3.63) is 0 Å². The molecule has 0 saturated carbocycles. The van der Waals surface area contributed by atoms with Gasteiger partial charge in [-0.15, -0.1) is 12.4 Å². The van der Waals surface area contributed by atoms with Gasteiger partial charge in [0.05, 0.1) is 0 Å². The molecule has 0 bridgehead atoms. The van der Waals surface area contributed by atoms with E-state index < -0.39 is 18.9 Å². The standard InChI is InChI=1S/C3H5F4N.ClH/c4-2(5)1(8)3(6)7;/h1-3H,8H2;1H. The minimum Gasteiger partial charge on any atom is -0.318 e. The van der Waals surface area contributed by atoms with Crippen molar-refractivity contribution < 1.29 is 17.6 Å². The molecule has 0 heterocycles. The zero-order valence-electron chi connectivity index (χ0n) is 4.23. The molecule has 0 aromatic rings. The van der Waals surface area contributed by atoms with Crippen molar-refractivity contribution in [2.24, 2.45) is 5.73 Å². The fourth-order valence-corrected chi connectivity index (χ4v) is 0.110. The molecule has 58 valence electrons. The topological polar surface area (TPSA) is 26.0 Å². The molecule has 0 aromatic heterocycles. The summed E-state index contributed by atoms with van der Waals surface area (Å²) >= 11 is 0. The van der Waals surface area contributed by atoms with Crippen LogP contribution < -0.4 is 5.73 Å². The van der Waals surface area contributed by atoms with Gasteiger partial charge >= 0.3 is 0 Å². The van der Waals surface area contributed by atoms with Gasteiger partial charge in [-0.3, -0.25) is 0 Å². The van der Waals surface area contributed by atoms with Gasteiger partial charge in [-0.1, -0.05) is 0 Å². The monoisotopic (exact) mass is 167 g/mol. The summed E-state index contributed by atoms with van der Waals surface area (Å²) in [6, 6.07) is -2.30. The van der Waals surface area contributed by atoms with Gasteiger partial charge < -0.3 is 5.73 Å². The van der Waals surface area contributed by atoms with Crippen LogP contribution in [0.3, 0.4) is 0 Å². The van der Waals surface area contributed by atoms with Crippen molar-refractivity contribution in [1.82, 2.24) is 0 Å². The summed E-state index contributed by atoms with van der Waals surface area (Å²) in [5, 5.41) is 0. The molecule has 0 aliphatic carbocycles. The molecule has 0 spiro atoms. The molecule has 2 N–H and O–H groups in total. The predicted molar refractivity (Wildman–Crippen MR) is 27.2 cm³/mol. The molecule has 9 heavy (non-hydrogen) atoms. The maximum absolute atomic E-state index is 11.1. The highest BCUT2D eigenvalue weighted by Crippen LogP contribution is 2.06. The summed E-state index contributed by atoms with van der Waals surface area (Å²) < 4.78 is 44.3. The molecule has 0 aromatic carbocycles. The second kappa shape index (κ2) is 4.81. The van der Waals surface area contributed by atoms with E-state index in [2.05, 4.69) is 5.73 Å². The number of nitrogens with two attached hydrogens (primary N) is 1. The quantitative estimate of drug-likeness (QED) is 0.616. The van der Waals surface area contributed by atoms with E-state index in [0.717, 1.165) is 0 Å². The van der Waals surface area contributed by atoms with E-state index in [1.165, 1.54) is 0 Å². The van der Waals surface area contributed by atoms with Gasteiger partial charge in [0.1, 0.15) is 6.04 Å². The Morgan fingerprint density at radius 3 is 1.11 bits per heavy atom. The van der Waals surface area contributed by atoms with Crippen LogP contribution in [0.4, 0.5) is 17.6 Å². The lowest BCUT2D eigenvalue weighted by molar-refractivity contribution is 0.0183. The molecule has 0 rings (SSSR count). The first-order valence-corrected chi connectivity index (χ1v) is 1.87. The molecule has 1 nitrogen and oxygen atoms in total. The normalized spacial score (nSPS) is 10.7. The average molecular weight is 168 g/mol. The lowest BCUT2D eigenvalue weighted by Gasteiger charge is -2.06. The molecule has 0 aliphatic rings. The van der Waals surface area contributed by atoms with Crippen LogP contribution in [0, 0.1) is 0 Å². The minimum atomic E-state index is -3.13. The summed E-state index contributed by atoms with van der Waals surface area (Å²) in [7, 11) is 0. The van der Waals surface area contributed by atoms with Crippen LogP contribution >= 0.6 is 12.4 Å². The largest absolute Gasteiger partial charge is 0.318 e. The number of halogens is 5. The van der Waals surface area contributed by atoms with Crippen LogP contribution in [-0.2, 0) is 0 Å². The van der Waals surface area contributed by atoms with Crippen LogP contribution in [0.25, 0.3) is 0 Å². The number of rotatable bonds is 2. The van der Waals surface area contributed by atoms with Crippen molar-refractivity contribution in [3.63, 3.8) is 0 Å². The van der Waals surface area contributed by atoms with Gasteiger partial charge in [0.25, 0.3) is 12.9 Å². The molecule has 0 radical (unpaired) electrons. The van der Waals surface area contributed by atoms with E-state index >= 15 is 0 Å². The van der Waals surface area contributed by atoms with Gasteiger partial charge in [-0.2, -0.15) is 0 Å². The Morgan fingerprint density at radius 2 is 1.11 bits per heavy atom. The third-order valence-electron chi connectivity index (χ3n) is 0.582. The highest BCUT2D eigenvalue weighted by molar-refractivity contribution is 5.85. The summed E-state index contributed by atoms with van der Waals surface area (Å²) in [6.07, 6.45) is -6.26. The molecule has 0 atom stereocenters. The predicted octanol–water partition coefficient (Wildman–Crippen LogP) is 1.27. The highest BCUT2D eigenvalue weighted by Gasteiger charge is 2.24. The van der Waals surface area contributed by atoms with Gasteiger partial charge in [-0.05, 0) is 0 Å². The second-order valence-electron chi connectivity index (χ2n) is 1.25. The van der Waals surface area contributed by atoms with E-state index in [-0.39, 0.29) is 12.4 Å². The maximum atomic E-state index is 11.1. The smallest absolute Gasteiger partial charge is 0.259 e. The Kier molecular flexibility index (Phi) is 6.27. The third-order valence-corrected chi connectivity index (χ3v) is 0.582. The fourth-order valence-electron chi connectivity index (χ4n) is 0.110. The van der Waals surface area contributed by atoms with Crippen LogP contribution in [0.5, 0.6) is 0 Å². The lowest BCUT2D eigenvalue weighted by atomic mass is 10.3. The molecule has 0 fully saturated rings. The summed E-state index contributed by atoms with van der Waals surface area (Å²) in [4.78, 5) is 0. The Morgan fingerprint density at radius 1 is 0.889 bits per heavy atom. The van der Waals surface area contributed by atoms with Crippen LogP contribution in [0.15, 0.2) is 0 Å². The Labute approximate surface area is 55.6 Å². The third kappa shape index (κ3) is 4.47. The molecule has 0 unspecified atom stereocenters. The van der Waals surface area contributed by atoms with Crippen LogP contribution in [-0.4, -0.2) is 18.9 Å². The van der Waals surface area contributed by atoms with Crippen molar-refractivity contribution in [3.8, 4) is 0 Å². The van der Waals surface area contributed by atoms with E-state index in [4.69, 9.17) is 0 Å². The second-order valence-corrected chi connectivity index (χ2v) is 1.25. The highest BCUT2D eigenvalue weighted by atomic mass is 35.5. The Balaban J connectivity index is 0. The summed E-state index contributed by atoms with van der Waals surface area (Å²) in [5.41, 5.74) is 4.26. The summed E-state index contributed by atoms with van der Waals surface area (Å²) in [5.74, 6) is 0. The molecule has 6 heteroatoms. The average Bonchev–Trinajstić information content (AvgIpc) is 1.64. The summed E-state index contributed by atoms with van der Waals surface area (Å²) in [6.45, 7) is 0. The first-order valence-electron chi connectivity index (χ1n) is 1.87. The first-order chi connectivity index (χ1) is 3.55. The number of alkyl halides is 4. The van der Waals surface area contributed by atoms with E-state index in [0.29, 0.717) is 0 Å². The van der Waals surface area contributed by atoms with Gasteiger partial charge in [-0.25, -0.2) is 17.6 Å². The minimum absolute atomic E-state index is 0. The van der Waals surface area contributed by atoms with Crippen molar-refractivity contribution in [1.29, 1.82) is 0 Å². The first kappa shape index (κ1) is 11.7. The lowest BCUT2D eigenvalue weighted by Crippen LogP contribution is -2.35. The zero-order chi connectivity index (χ0) is 6.73. The SMILES string of the molecule is Cl.NC(C(F)F)C(F)F. The van der Waals surface area contributed by atoms with Crippen LogP contribution in [0.1, 0.15) is 0 Å². The molecule has 0 amide bonds. The molecule has 0 saturated heterocycles. The molecular weight excluding hydrogens is 161 g/mol. The van der Waals surface area contributed by atoms with E-state index in [1.807, 2.05) is 0 Å². The van der Waals surface area contributed by atoms with Gasteiger partial charge in [0, 0.05) is 0 Å².